The first kappa shape index (κ1) is 9.96. The number of nitrogens with one attached hydrogen (secondary N) is 2. The summed E-state index contributed by atoms with van der Waals surface area (Å²) in [6.07, 6.45) is 5.54. The molecule has 0 spiro atoms. The van der Waals surface area contributed by atoms with E-state index in [0.29, 0.717) is 11.6 Å². The molecule has 1 amide bonds. The SMILES string of the molecule is CCNc1cnccc1C(=O)NC1CC1. The predicted octanol–water partition coefficient (Wildman–Crippen LogP) is 1.41. The molecule has 2 N–H and O–H groups in total. The largest absolute Gasteiger partial charge is 0.383 e. The molecule has 1 heterocycles. The molecule has 0 saturated heterocycles. The molecule has 1 saturated carbocycles. The van der Waals surface area contributed by atoms with Crippen LogP contribution in [0.2, 0.25) is 0 Å². The van der Waals surface area contributed by atoms with Crippen LogP contribution in [0, 0.1) is 0 Å². The van der Waals surface area contributed by atoms with Crippen molar-refractivity contribution < 1.29 is 4.79 Å². The molecule has 0 atom stereocenters. The van der Waals surface area contributed by atoms with Gasteiger partial charge in [0.05, 0.1) is 17.4 Å². The van der Waals surface area contributed by atoms with Crippen LogP contribution in [-0.2, 0) is 0 Å². The van der Waals surface area contributed by atoms with Crippen molar-refractivity contribution in [3.05, 3.63) is 24.0 Å². The zero-order valence-corrected chi connectivity index (χ0v) is 8.79. The fraction of sp³-hybridized carbons (Fsp3) is 0.455. The van der Waals surface area contributed by atoms with Gasteiger partial charge in [-0.2, -0.15) is 0 Å². The van der Waals surface area contributed by atoms with Crippen LogP contribution in [0.4, 0.5) is 5.69 Å². The molecule has 0 unspecified atom stereocenters. The summed E-state index contributed by atoms with van der Waals surface area (Å²) in [5, 5.41) is 6.09. The highest BCUT2D eigenvalue weighted by Gasteiger charge is 2.24. The van der Waals surface area contributed by atoms with Crippen LogP contribution in [0.1, 0.15) is 30.1 Å². The van der Waals surface area contributed by atoms with Gasteiger partial charge >= 0.3 is 0 Å². The molecule has 15 heavy (non-hydrogen) atoms. The lowest BCUT2D eigenvalue weighted by atomic mass is 10.2. The first-order chi connectivity index (χ1) is 7.31. The second-order valence-electron chi connectivity index (χ2n) is 3.70. The molecule has 80 valence electrons. The lowest BCUT2D eigenvalue weighted by molar-refractivity contribution is 0.0952. The van der Waals surface area contributed by atoms with Crippen molar-refractivity contribution in [3.8, 4) is 0 Å². The van der Waals surface area contributed by atoms with Gasteiger partial charge in [0, 0.05) is 18.8 Å². The Morgan fingerprint density at radius 3 is 3.07 bits per heavy atom. The molecule has 1 aliphatic carbocycles. The summed E-state index contributed by atoms with van der Waals surface area (Å²) in [7, 11) is 0. The minimum Gasteiger partial charge on any atom is -0.383 e. The molecule has 0 radical (unpaired) electrons. The van der Waals surface area contributed by atoms with Crippen molar-refractivity contribution in [1.82, 2.24) is 10.3 Å². The number of aromatic nitrogens is 1. The molecule has 2 rings (SSSR count). The maximum atomic E-state index is 11.8. The first-order valence-corrected chi connectivity index (χ1v) is 5.30. The fourth-order valence-electron chi connectivity index (χ4n) is 1.41. The molecule has 1 fully saturated rings. The molecule has 1 aliphatic rings. The van der Waals surface area contributed by atoms with E-state index < -0.39 is 0 Å². The first-order valence-electron chi connectivity index (χ1n) is 5.30. The van der Waals surface area contributed by atoms with Crippen LogP contribution in [0.15, 0.2) is 18.5 Å². The maximum Gasteiger partial charge on any atom is 0.253 e. The molecule has 0 bridgehead atoms. The second-order valence-corrected chi connectivity index (χ2v) is 3.70. The zero-order chi connectivity index (χ0) is 10.7. The van der Waals surface area contributed by atoms with Crippen LogP contribution >= 0.6 is 0 Å². The van der Waals surface area contributed by atoms with Crippen LogP contribution in [0.5, 0.6) is 0 Å². The third kappa shape index (κ3) is 2.46. The number of carbonyl (C=O) groups is 1. The number of hydrogen-bond donors (Lipinski definition) is 2. The van der Waals surface area contributed by atoms with Crippen LogP contribution in [-0.4, -0.2) is 23.5 Å². The van der Waals surface area contributed by atoms with E-state index in [1.807, 2.05) is 6.92 Å². The molecule has 1 aromatic heterocycles. The van der Waals surface area contributed by atoms with Crippen LogP contribution in [0.3, 0.4) is 0 Å². The molecule has 0 aromatic carbocycles. The number of rotatable bonds is 4. The summed E-state index contributed by atoms with van der Waals surface area (Å²) in [5.41, 5.74) is 1.48. The van der Waals surface area contributed by atoms with Gasteiger partial charge in [-0.05, 0) is 25.8 Å². The lowest BCUT2D eigenvalue weighted by Crippen LogP contribution is -2.26. The van der Waals surface area contributed by atoms with Crippen molar-refractivity contribution in [2.45, 2.75) is 25.8 Å². The van der Waals surface area contributed by atoms with Crippen molar-refractivity contribution in [2.75, 3.05) is 11.9 Å². The van der Waals surface area contributed by atoms with E-state index in [2.05, 4.69) is 15.6 Å². The number of amides is 1. The number of carbonyl (C=O) groups excluding carboxylic acids is 1. The van der Waals surface area contributed by atoms with Gasteiger partial charge in [0.2, 0.25) is 0 Å². The third-order valence-corrected chi connectivity index (χ3v) is 2.35. The molecule has 0 aliphatic heterocycles. The minimum absolute atomic E-state index is 0.00384. The van der Waals surface area contributed by atoms with Crippen molar-refractivity contribution in [2.24, 2.45) is 0 Å². The summed E-state index contributed by atoms with van der Waals surface area (Å²) in [4.78, 5) is 15.8. The standard InChI is InChI=1S/C11H15N3O/c1-2-13-10-7-12-6-5-9(10)11(15)14-8-3-4-8/h5-8,13H,2-4H2,1H3,(H,14,15). The number of anilines is 1. The number of pyridine rings is 1. The summed E-state index contributed by atoms with van der Waals surface area (Å²) >= 11 is 0. The molecule has 4 nitrogen and oxygen atoms in total. The van der Waals surface area contributed by atoms with Gasteiger partial charge in [0.1, 0.15) is 0 Å². The highest BCUT2D eigenvalue weighted by Crippen LogP contribution is 2.20. The Labute approximate surface area is 89.1 Å². The van der Waals surface area contributed by atoms with Crippen molar-refractivity contribution in [3.63, 3.8) is 0 Å². The highest BCUT2D eigenvalue weighted by atomic mass is 16.1. The Balaban J connectivity index is 2.13. The maximum absolute atomic E-state index is 11.8. The van der Waals surface area contributed by atoms with Gasteiger partial charge in [-0.1, -0.05) is 0 Å². The van der Waals surface area contributed by atoms with Gasteiger partial charge < -0.3 is 10.6 Å². The Hall–Kier alpha value is -1.58. The second kappa shape index (κ2) is 4.29. The third-order valence-electron chi connectivity index (χ3n) is 2.35. The summed E-state index contributed by atoms with van der Waals surface area (Å²) < 4.78 is 0. The van der Waals surface area contributed by atoms with Crippen molar-refractivity contribution >= 4 is 11.6 Å². The van der Waals surface area contributed by atoms with Crippen molar-refractivity contribution in [1.29, 1.82) is 0 Å². The van der Waals surface area contributed by atoms with Crippen LogP contribution in [0.25, 0.3) is 0 Å². The van der Waals surface area contributed by atoms with E-state index in [4.69, 9.17) is 0 Å². The quantitative estimate of drug-likeness (QED) is 0.781. The molecular formula is C11H15N3O. The Kier molecular flexibility index (Phi) is 2.85. The average molecular weight is 205 g/mol. The highest BCUT2D eigenvalue weighted by molar-refractivity contribution is 5.99. The lowest BCUT2D eigenvalue weighted by Gasteiger charge is -2.09. The number of hydrogen-bond acceptors (Lipinski definition) is 3. The summed E-state index contributed by atoms with van der Waals surface area (Å²) in [6.45, 7) is 2.78. The summed E-state index contributed by atoms with van der Waals surface area (Å²) in [6, 6.07) is 2.13. The smallest absolute Gasteiger partial charge is 0.253 e. The van der Waals surface area contributed by atoms with E-state index >= 15 is 0 Å². The van der Waals surface area contributed by atoms with E-state index in [1.54, 1.807) is 18.5 Å². The minimum atomic E-state index is -0.00384. The van der Waals surface area contributed by atoms with E-state index in [0.717, 1.165) is 25.1 Å². The monoisotopic (exact) mass is 205 g/mol. The van der Waals surface area contributed by atoms with Crippen LogP contribution < -0.4 is 10.6 Å². The topological polar surface area (TPSA) is 54.0 Å². The fourth-order valence-corrected chi connectivity index (χ4v) is 1.41. The Bertz CT molecular complexity index is 361. The molecular weight excluding hydrogens is 190 g/mol. The molecule has 1 aromatic rings. The Morgan fingerprint density at radius 2 is 2.40 bits per heavy atom. The van der Waals surface area contributed by atoms with Gasteiger partial charge in [-0.15, -0.1) is 0 Å². The normalized spacial score (nSPS) is 14.7. The van der Waals surface area contributed by atoms with Gasteiger partial charge in [-0.25, -0.2) is 0 Å². The predicted molar refractivity (Wildman–Crippen MR) is 58.9 cm³/mol. The zero-order valence-electron chi connectivity index (χ0n) is 8.79. The average Bonchev–Trinajstić information content (AvgIpc) is 3.03. The van der Waals surface area contributed by atoms with E-state index in [9.17, 15) is 4.79 Å². The molecule has 4 heteroatoms. The summed E-state index contributed by atoms with van der Waals surface area (Å²) in [5.74, 6) is -0.00384. The van der Waals surface area contributed by atoms with Gasteiger partial charge in [0.15, 0.2) is 0 Å². The van der Waals surface area contributed by atoms with E-state index in [-0.39, 0.29) is 5.91 Å². The van der Waals surface area contributed by atoms with Gasteiger partial charge in [-0.3, -0.25) is 9.78 Å². The number of nitrogens with zero attached hydrogens (tertiary/aromatic N) is 1. The van der Waals surface area contributed by atoms with Gasteiger partial charge in [0.25, 0.3) is 5.91 Å². The van der Waals surface area contributed by atoms with E-state index in [1.165, 1.54) is 0 Å². The Morgan fingerprint density at radius 1 is 1.60 bits per heavy atom.